The molecule has 1 aromatic heterocycles. The summed E-state index contributed by atoms with van der Waals surface area (Å²) in [4.78, 5) is 32.5. The second-order valence-electron chi connectivity index (χ2n) is 6.25. The first-order chi connectivity index (χ1) is 10.8. The molecular formula is C15H25N5O3. The predicted molar refractivity (Wildman–Crippen MR) is 87.5 cm³/mol. The molecule has 0 spiro atoms. The van der Waals surface area contributed by atoms with Crippen molar-refractivity contribution < 1.29 is 14.7 Å². The molecule has 1 saturated heterocycles. The van der Waals surface area contributed by atoms with Gasteiger partial charge < -0.3 is 20.2 Å². The van der Waals surface area contributed by atoms with Crippen LogP contribution in [0.2, 0.25) is 0 Å². The summed E-state index contributed by atoms with van der Waals surface area (Å²) in [6.45, 7) is 5.06. The van der Waals surface area contributed by atoms with Crippen molar-refractivity contribution in [2.45, 2.75) is 13.3 Å². The zero-order valence-corrected chi connectivity index (χ0v) is 14.1. The highest BCUT2D eigenvalue weighted by atomic mass is 16.3. The minimum Gasteiger partial charge on any atom is -0.483 e. The molecule has 1 atom stereocenters. The number of nitrogens with one attached hydrogen (secondary N) is 1. The Labute approximate surface area is 136 Å². The van der Waals surface area contributed by atoms with Crippen molar-refractivity contribution in [1.29, 1.82) is 0 Å². The van der Waals surface area contributed by atoms with E-state index in [2.05, 4.69) is 34.2 Å². The number of carbonyl (C=O) groups is 2. The Kier molecular flexibility index (Phi) is 6.89. The van der Waals surface area contributed by atoms with Crippen LogP contribution in [0.4, 0.5) is 5.82 Å². The molecular weight excluding hydrogens is 298 g/mol. The summed E-state index contributed by atoms with van der Waals surface area (Å²) in [5.41, 5.74) is 0.617. The molecule has 1 unspecified atom stereocenters. The topological polar surface area (TPSA) is 98.7 Å². The number of amides is 1. The number of hydrogen-bond acceptors (Lipinski definition) is 6. The van der Waals surface area contributed by atoms with Gasteiger partial charge in [-0.2, -0.15) is 0 Å². The highest BCUT2D eigenvalue weighted by Crippen LogP contribution is 2.28. The number of hydrogen-bond donors (Lipinski definition) is 2. The van der Waals surface area contributed by atoms with Gasteiger partial charge in [0, 0.05) is 27.2 Å². The van der Waals surface area contributed by atoms with Gasteiger partial charge in [0.25, 0.3) is 12.4 Å². The van der Waals surface area contributed by atoms with Crippen LogP contribution in [0.25, 0.3) is 0 Å². The summed E-state index contributed by atoms with van der Waals surface area (Å²) in [6.07, 6.45) is 4.33. The molecule has 1 aromatic rings. The number of anilines is 1. The minimum atomic E-state index is -0.250. The molecule has 2 N–H and O–H groups in total. The van der Waals surface area contributed by atoms with E-state index >= 15 is 0 Å². The van der Waals surface area contributed by atoms with Gasteiger partial charge in [0.15, 0.2) is 0 Å². The predicted octanol–water partition coefficient (Wildman–Crippen LogP) is 0.633. The molecule has 0 radical (unpaired) electrons. The molecule has 2 rings (SSSR count). The smallest absolute Gasteiger partial charge is 0.290 e. The van der Waals surface area contributed by atoms with Crippen LogP contribution in [0, 0.1) is 5.41 Å². The van der Waals surface area contributed by atoms with E-state index in [1.54, 1.807) is 20.3 Å². The first kappa shape index (κ1) is 18.8. The maximum atomic E-state index is 11.9. The SMILES string of the molecule is CN1CCC(C)(CNc2cncc(C(=O)N(C)C)n2)C1.O=CO. The Hall–Kier alpha value is -2.22. The maximum Gasteiger partial charge on any atom is 0.290 e. The molecule has 2 heterocycles. The Morgan fingerprint density at radius 2 is 2.17 bits per heavy atom. The third-order valence-electron chi connectivity index (χ3n) is 3.70. The molecule has 23 heavy (non-hydrogen) atoms. The van der Waals surface area contributed by atoms with Crippen molar-refractivity contribution in [2.24, 2.45) is 5.41 Å². The fourth-order valence-corrected chi connectivity index (χ4v) is 2.50. The summed E-state index contributed by atoms with van der Waals surface area (Å²) in [5.74, 6) is 0.529. The van der Waals surface area contributed by atoms with Crippen molar-refractivity contribution >= 4 is 18.2 Å². The molecule has 1 fully saturated rings. The van der Waals surface area contributed by atoms with Gasteiger partial charge in [0.1, 0.15) is 11.5 Å². The lowest BCUT2D eigenvalue weighted by Crippen LogP contribution is -2.30. The van der Waals surface area contributed by atoms with E-state index in [1.807, 2.05) is 0 Å². The molecule has 1 aliphatic rings. The van der Waals surface area contributed by atoms with Gasteiger partial charge in [-0.1, -0.05) is 6.92 Å². The maximum absolute atomic E-state index is 11.9. The zero-order chi connectivity index (χ0) is 17.5. The number of aromatic nitrogens is 2. The molecule has 1 aliphatic heterocycles. The highest BCUT2D eigenvalue weighted by Gasteiger charge is 2.31. The Morgan fingerprint density at radius 1 is 1.52 bits per heavy atom. The molecule has 128 valence electrons. The van der Waals surface area contributed by atoms with Gasteiger partial charge in [-0.15, -0.1) is 0 Å². The molecule has 8 heteroatoms. The molecule has 8 nitrogen and oxygen atoms in total. The number of rotatable bonds is 4. The van der Waals surface area contributed by atoms with Crippen molar-refractivity contribution in [1.82, 2.24) is 19.8 Å². The zero-order valence-electron chi connectivity index (χ0n) is 14.1. The second-order valence-corrected chi connectivity index (χ2v) is 6.25. The van der Waals surface area contributed by atoms with E-state index in [4.69, 9.17) is 9.90 Å². The fraction of sp³-hybridized carbons (Fsp3) is 0.600. The van der Waals surface area contributed by atoms with E-state index in [0.717, 1.165) is 19.6 Å². The lowest BCUT2D eigenvalue weighted by Gasteiger charge is -2.24. The third kappa shape index (κ3) is 5.82. The average molecular weight is 323 g/mol. The number of likely N-dealkylation sites (tertiary alicyclic amines) is 1. The van der Waals surface area contributed by atoms with Crippen molar-refractivity contribution in [2.75, 3.05) is 46.1 Å². The Balaban J connectivity index is 0.000000816. The Bertz CT molecular complexity index is 538. The number of carbonyl (C=O) groups excluding carboxylic acids is 1. The summed E-state index contributed by atoms with van der Waals surface area (Å²) < 4.78 is 0. The average Bonchev–Trinajstić information content (AvgIpc) is 2.85. The molecule has 0 bridgehead atoms. The molecule has 1 amide bonds. The summed E-state index contributed by atoms with van der Waals surface area (Å²) in [7, 11) is 5.56. The number of nitrogens with zero attached hydrogens (tertiary/aromatic N) is 4. The summed E-state index contributed by atoms with van der Waals surface area (Å²) in [6, 6.07) is 0. The van der Waals surface area contributed by atoms with Crippen LogP contribution >= 0.6 is 0 Å². The lowest BCUT2D eigenvalue weighted by molar-refractivity contribution is -0.122. The van der Waals surface area contributed by atoms with Crippen LogP contribution in [0.3, 0.4) is 0 Å². The quantitative estimate of drug-likeness (QED) is 0.784. The van der Waals surface area contributed by atoms with E-state index in [-0.39, 0.29) is 17.8 Å². The van der Waals surface area contributed by atoms with Crippen LogP contribution in [-0.2, 0) is 4.79 Å². The van der Waals surface area contributed by atoms with Gasteiger partial charge in [-0.25, -0.2) is 4.98 Å². The van der Waals surface area contributed by atoms with Gasteiger partial charge in [-0.3, -0.25) is 14.6 Å². The van der Waals surface area contributed by atoms with E-state index in [1.165, 1.54) is 17.5 Å². The van der Waals surface area contributed by atoms with Crippen LogP contribution in [-0.4, -0.2) is 78.0 Å². The molecule has 0 saturated carbocycles. The normalized spacial score (nSPS) is 20.3. The van der Waals surface area contributed by atoms with Gasteiger partial charge in [0.05, 0.1) is 12.4 Å². The largest absolute Gasteiger partial charge is 0.483 e. The second kappa shape index (κ2) is 8.42. The minimum absolute atomic E-state index is 0.132. The van der Waals surface area contributed by atoms with Crippen LogP contribution < -0.4 is 5.32 Å². The molecule has 0 aromatic carbocycles. The van der Waals surface area contributed by atoms with Crippen molar-refractivity contribution in [3.05, 3.63) is 18.1 Å². The van der Waals surface area contributed by atoms with Crippen molar-refractivity contribution in [3.8, 4) is 0 Å². The highest BCUT2D eigenvalue weighted by molar-refractivity contribution is 5.91. The first-order valence-electron chi connectivity index (χ1n) is 7.35. The third-order valence-corrected chi connectivity index (χ3v) is 3.70. The lowest BCUT2D eigenvalue weighted by atomic mass is 9.90. The van der Waals surface area contributed by atoms with Gasteiger partial charge >= 0.3 is 0 Å². The van der Waals surface area contributed by atoms with Gasteiger partial charge in [-0.05, 0) is 25.4 Å². The Morgan fingerprint density at radius 3 is 2.70 bits per heavy atom. The van der Waals surface area contributed by atoms with Crippen LogP contribution in [0.15, 0.2) is 12.4 Å². The first-order valence-corrected chi connectivity index (χ1v) is 7.35. The van der Waals surface area contributed by atoms with E-state index in [0.29, 0.717) is 11.5 Å². The monoisotopic (exact) mass is 323 g/mol. The van der Waals surface area contributed by atoms with E-state index < -0.39 is 0 Å². The van der Waals surface area contributed by atoms with Crippen molar-refractivity contribution in [3.63, 3.8) is 0 Å². The van der Waals surface area contributed by atoms with Crippen LogP contribution in [0.1, 0.15) is 23.8 Å². The standard InChI is InChI=1S/C14H23N5O.CH2O2/c1-14(5-6-19(4)10-14)9-16-12-8-15-7-11(17-12)13(20)18(2)3;2-1-3/h7-8H,5-6,9-10H2,1-4H3,(H,16,17);1H,(H,2,3). The van der Waals surface area contributed by atoms with E-state index in [9.17, 15) is 4.79 Å². The fourth-order valence-electron chi connectivity index (χ4n) is 2.50. The van der Waals surface area contributed by atoms with Gasteiger partial charge in [0.2, 0.25) is 0 Å². The molecule has 0 aliphatic carbocycles. The summed E-state index contributed by atoms with van der Waals surface area (Å²) in [5, 5.41) is 10.2. The van der Waals surface area contributed by atoms with Crippen LogP contribution in [0.5, 0.6) is 0 Å². The number of carboxylic acid groups (broad SMARTS) is 1. The summed E-state index contributed by atoms with van der Waals surface area (Å²) >= 11 is 0.